The lowest BCUT2D eigenvalue weighted by atomic mass is 10.0. The molecule has 0 aromatic carbocycles. The van der Waals surface area contributed by atoms with Gasteiger partial charge in [0.2, 0.25) is 0 Å². The molecule has 0 N–H and O–H groups in total. The minimum atomic E-state index is 0.585. The van der Waals surface area contributed by atoms with E-state index in [9.17, 15) is 4.79 Å². The number of anilines is 1. The smallest absolute Gasteiger partial charge is 0.151 e. The van der Waals surface area contributed by atoms with E-state index < -0.39 is 0 Å². The number of carbonyl (C=O) groups is 1. The molecular formula is C13H18N2O2. The van der Waals surface area contributed by atoms with Crippen LogP contribution in [0.3, 0.4) is 0 Å². The van der Waals surface area contributed by atoms with Gasteiger partial charge in [-0.05, 0) is 30.9 Å². The lowest BCUT2D eigenvalue weighted by molar-refractivity contribution is 0.0576. The predicted octanol–water partition coefficient (Wildman–Crippen LogP) is 1.76. The molecule has 1 unspecified atom stereocenters. The van der Waals surface area contributed by atoms with E-state index in [0.717, 1.165) is 38.3 Å². The monoisotopic (exact) mass is 234 g/mol. The molecule has 1 aliphatic rings. The minimum absolute atomic E-state index is 0.585. The second-order valence-electron chi connectivity index (χ2n) is 4.53. The zero-order valence-corrected chi connectivity index (χ0v) is 10.1. The molecular weight excluding hydrogens is 216 g/mol. The molecule has 1 aromatic heterocycles. The summed E-state index contributed by atoms with van der Waals surface area (Å²) in [6.45, 7) is 2.69. The van der Waals surface area contributed by atoms with Gasteiger partial charge in [-0.15, -0.1) is 0 Å². The van der Waals surface area contributed by atoms with Crippen LogP contribution in [-0.4, -0.2) is 38.1 Å². The molecule has 92 valence electrons. The van der Waals surface area contributed by atoms with Gasteiger partial charge in [0, 0.05) is 32.0 Å². The van der Waals surface area contributed by atoms with Crippen LogP contribution in [0.2, 0.25) is 0 Å². The Morgan fingerprint density at radius 1 is 1.59 bits per heavy atom. The van der Waals surface area contributed by atoms with E-state index in [4.69, 9.17) is 4.74 Å². The van der Waals surface area contributed by atoms with Crippen molar-refractivity contribution < 1.29 is 9.53 Å². The molecule has 0 aliphatic carbocycles. The van der Waals surface area contributed by atoms with E-state index in [1.54, 1.807) is 12.3 Å². The van der Waals surface area contributed by atoms with E-state index in [1.807, 2.05) is 13.1 Å². The third kappa shape index (κ3) is 3.27. The summed E-state index contributed by atoms with van der Waals surface area (Å²) in [5.74, 6) is 1.49. The fourth-order valence-corrected chi connectivity index (χ4v) is 2.13. The van der Waals surface area contributed by atoms with Gasteiger partial charge in [0.1, 0.15) is 5.82 Å². The van der Waals surface area contributed by atoms with E-state index in [0.29, 0.717) is 11.5 Å². The summed E-state index contributed by atoms with van der Waals surface area (Å²) in [6.07, 6.45) is 4.79. The summed E-state index contributed by atoms with van der Waals surface area (Å²) in [4.78, 5) is 16.9. The summed E-state index contributed by atoms with van der Waals surface area (Å²) >= 11 is 0. The Hall–Kier alpha value is -1.42. The third-order valence-electron chi connectivity index (χ3n) is 3.08. The van der Waals surface area contributed by atoms with Crippen molar-refractivity contribution in [3.8, 4) is 0 Å². The molecule has 1 saturated heterocycles. The molecule has 1 aliphatic heterocycles. The zero-order chi connectivity index (χ0) is 12.1. The number of nitrogens with zero attached hydrogens (tertiary/aromatic N) is 2. The van der Waals surface area contributed by atoms with Crippen LogP contribution in [0.1, 0.15) is 23.2 Å². The van der Waals surface area contributed by atoms with Crippen LogP contribution in [-0.2, 0) is 4.74 Å². The lowest BCUT2D eigenvalue weighted by Crippen LogP contribution is -2.31. The molecule has 0 radical (unpaired) electrons. The molecule has 1 atom stereocenters. The fraction of sp³-hybridized carbons (Fsp3) is 0.538. The Bertz CT molecular complexity index is 358. The van der Waals surface area contributed by atoms with Crippen LogP contribution >= 0.6 is 0 Å². The topological polar surface area (TPSA) is 42.4 Å². The van der Waals surface area contributed by atoms with Crippen molar-refractivity contribution in [2.24, 2.45) is 5.92 Å². The normalized spacial score (nSPS) is 19.9. The number of carbonyl (C=O) groups excluding carboxylic acids is 1. The van der Waals surface area contributed by atoms with Crippen molar-refractivity contribution in [2.45, 2.75) is 12.8 Å². The Morgan fingerprint density at radius 3 is 3.06 bits per heavy atom. The van der Waals surface area contributed by atoms with Crippen molar-refractivity contribution in [2.75, 3.05) is 31.7 Å². The van der Waals surface area contributed by atoms with Crippen molar-refractivity contribution in [1.82, 2.24) is 4.98 Å². The summed E-state index contributed by atoms with van der Waals surface area (Å²) in [7, 11) is 2.03. The maximum Gasteiger partial charge on any atom is 0.151 e. The first-order valence-corrected chi connectivity index (χ1v) is 5.99. The number of rotatable bonds is 4. The van der Waals surface area contributed by atoms with Gasteiger partial charge in [-0.25, -0.2) is 4.98 Å². The van der Waals surface area contributed by atoms with Gasteiger partial charge in [0.05, 0.1) is 6.61 Å². The minimum Gasteiger partial charge on any atom is -0.381 e. The van der Waals surface area contributed by atoms with Crippen molar-refractivity contribution >= 4 is 12.1 Å². The number of aldehydes is 1. The Balaban J connectivity index is 1.93. The van der Waals surface area contributed by atoms with Gasteiger partial charge in [-0.3, -0.25) is 4.79 Å². The molecule has 4 heteroatoms. The van der Waals surface area contributed by atoms with Crippen LogP contribution in [0, 0.1) is 5.92 Å². The predicted molar refractivity (Wildman–Crippen MR) is 66.4 cm³/mol. The van der Waals surface area contributed by atoms with Gasteiger partial charge in [0.25, 0.3) is 0 Å². The summed E-state index contributed by atoms with van der Waals surface area (Å²) in [5, 5.41) is 0. The summed E-state index contributed by atoms with van der Waals surface area (Å²) < 4.78 is 5.46. The van der Waals surface area contributed by atoms with Gasteiger partial charge in [0.15, 0.2) is 6.29 Å². The molecule has 0 saturated carbocycles. The number of ether oxygens (including phenoxy) is 1. The average Bonchev–Trinajstić information content (AvgIpc) is 2.40. The molecule has 2 heterocycles. The highest BCUT2D eigenvalue weighted by Gasteiger charge is 2.16. The van der Waals surface area contributed by atoms with Crippen LogP contribution in [0.25, 0.3) is 0 Å². The van der Waals surface area contributed by atoms with Crippen molar-refractivity contribution in [3.05, 3.63) is 23.9 Å². The van der Waals surface area contributed by atoms with Crippen LogP contribution in [0.4, 0.5) is 5.82 Å². The molecule has 2 rings (SSSR count). The fourth-order valence-electron chi connectivity index (χ4n) is 2.13. The number of aromatic nitrogens is 1. The molecule has 1 aromatic rings. The first kappa shape index (κ1) is 12.0. The molecule has 0 amide bonds. The van der Waals surface area contributed by atoms with Crippen LogP contribution < -0.4 is 4.90 Å². The third-order valence-corrected chi connectivity index (χ3v) is 3.08. The Kier molecular flexibility index (Phi) is 4.09. The van der Waals surface area contributed by atoms with Gasteiger partial charge < -0.3 is 9.64 Å². The van der Waals surface area contributed by atoms with Crippen LogP contribution in [0.5, 0.6) is 0 Å². The van der Waals surface area contributed by atoms with Gasteiger partial charge >= 0.3 is 0 Å². The molecule has 17 heavy (non-hydrogen) atoms. The second kappa shape index (κ2) is 5.77. The van der Waals surface area contributed by atoms with E-state index in [-0.39, 0.29) is 0 Å². The average molecular weight is 234 g/mol. The maximum atomic E-state index is 10.5. The van der Waals surface area contributed by atoms with E-state index >= 15 is 0 Å². The maximum absolute atomic E-state index is 10.5. The van der Waals surface area contributed by atoms with Crippen molar-refractivity contribution in [3.63, 3.8) is 0 Å². The molecule has 0 bridgehead atoms. The highest BCUT2D eigenvalue weighted by atomic mass is 16.5. The SMILES string of the molecule is CN(CC1CCCOC1)c1ccc(C=O)cn1. The van der Waals surface area contributed by atoms with E-state index in [1.165, 1.54) is 6.42 Å². The Morgan fingerprint density at radius 2 is 2.47 bits per heavy atom. The summed E-state index contributed by atoms with van der Waals surface area (Å²) in [5.41, 5.74) is 0.614. The lowest BCUT2D eigenvalue weighted by Gasteiger charge is -2.27. The van der Waals surface area contributed by atoms with Gasteiger partial charge in [-0.1, -0.05) is 0 Å². The van der Waals surface area contributed by atoms with Gasteiger partial charge in [-0.2, -0.15) is 0 Å². The second-order valence-corrected chi connectivity index (χ2v) is 4.53. The number of pyridine rings is 1. The summed E-state index contributed by atoms with van der Waals surface area (Å²) in [6, 6.07) is 3.68. The highest BCUT2D eigenvalue weighted by molar-refractivity contribution is 5.74. The highest BCUT2D eigenvalue weighted by Crippen LogP contribution is 2.17. The standard InChI is InChI=1S/C13H18N2O2/c1-15(8-12-3-2-6-17-10-12)13-5-4-11(9-16)7-14-13/h4-5,7,9,12H,2-3,6,8,10H2,1H3. The zero-order valence-electron chi connectivity index (χ0n) is 10.1. The van der Waals surface area contributed by atoms with E-state index in [2.05, 4.69) is 9.88 Å². The molecule has 4 nitrogen and oxygen atoms in total. The largest absolute Gasteiger partial charge is 0.381 e. The Labute approximate surface area is 102 Å². The number of hydrogen-bond donors (Lipinski definition) is 0. The van der Waals surface area contributed by atoms with Crippen molar-refractivity contribution in [1.29, 1.82) is 0 Å². The first-order chi connectivity index (χ1) is 8.29. The quantitative estimate of drug-likeness (QED) is 0.744. The van der Waals surface area contributed by atoms with Crippen LogP contribution in [0.15, 0.2) is 18.3 Å². The number of hydrogen-bond acceptors (Lipinski definition) is 4. The molecule has 1 fully saturated rings. The molecule has 0 spiro atoms. The first-order valence-electron chi connectivity index (χ1n) is 5.99.